The first-order valence-corrected chi connectivity index (χ1v) is 9.84. The maximum atomic E-state index is 13.4. The Kier molecular flexibility index (Phi) is 3.99. The molecular formula is C21H22N4O4. The Labute approximate surface area is 165 Å². The maximum absolute atomic E-state index is 13.4. The van der Waals surface area contributed by atoms with Gasteiger partial charge in [-0.25, -0.2) is 9.36 Å². The van der Waals surface area contributed by atoms with E-state index in [1.54, 1.807) is 42.2 Å². The van der Waals surface area contributed by atoms with Crippen LogP contribution < -0.4 is 17.0 Å². The van der Waals surface area contributed by atoms with Crippen LogP contribution in [0.15, 0.2) is 44.3 Å². The lowest BCUT2D eigenvalue weighted by Gasteiger charge is -2.18. The van der Waals surface area contributed by atoms with Crippen molar-refractivity contribution < 1.29 is 9.21 Å². The molecule has 2 aromatic heterocycles. The minimum atomic E-state index is -0.608. The van der Waals surface area contributed by atoms with Crippen LogP contribution in [-0.4, -0.2) is 39.5 Å². The molecule has 1 amide bonds. The van der Waals surface area contributed by atoms with Crippen molar-refractivity contribution in [2.75, 3.05) is 13.1 Å². The van der Waals surface area contributed by atoms with Crippen LogP contribution in [0.4, 0.5) is 0 Å². The van der Waals surface area contributed by atoms with E-state index in [4.69, 9.17) is 10.2 Å². The highest BCUT2D eigenvalue weighted by Crippen LogP contribution is 2.38. The van der Waals surface area contributed by atoms with Crippen LogP contribution in [0.3, 0.4) is 0 Å². The number of nitrogens with zero attached hydrogens (tertiary/aromatic N) is 2. The molecule has 3 heterocycles. The minimum Gasteiger partial charge on any atom is -0.444 e. The van der Waals surface area contributed by atoms with E-state index in [1.807, 2.05) is 0 Å². The standard InChI is InChI=1S/C21H22N4O4/c1-11-16(19(26)24-9-12-7-8-15(22)14(12)10-24)17-18(29-11)23-21(28)25(20(17)27)13-5-3-2-4-6-13/h2-6,12,14-15H,7-10,22H2,1H3,(H,23,28). The third kappa shape index (κ3) is 2.66. The van der Waals surface area contributed by atoms with Gasteiger partial charge >= 0.3 is 5.69 Å². The van der Waals surface area contributed by atoms with Crippen molar-refractivity contribution in [2.24, 2.45) is 17.6 Å². The number of aryl methyl sites for hydroxylation is 1. The third-order valence-corrected chi connectivity index (χ3v) is 6.35. The molecule has 3 N–H and O–H groups in total. The highest BCUT2D eigenvalue weighted by molar-refractivity contribution is 6.06. The summed E-state index contributed by atoms with van der Waals surface area (Å²) in [4.78, 5) is 43.5. The molecule has 0 spiro atoms. The Morgan fingerprint density at radius 2 is 1.93 bits per heavy atom. The molecule has 2 aliphatic rings. The van der Waals surface area contributed by atoms with Gasteiger partial charge in [-0.15, -0.1) is 0 Å². The van der Waals surface area contributed by atoms with Crippen LogP contribution in [-0.2, 0) is 0 Å². The second kappa shape index (κ2) is 6.45. The largest absolute Gasteiger partial charge is 0.444 e. The number of carbonyl (C=O) groups excluding carboxylic acids is 1. The molecular weight excluding hydrogens is 372 g/mol. The Morgan fingerprint density at radius 3 is 2.66 bits per heavy atom. The van der Waals surface area contributed by atoms with Gasteiger partial charge in [-0.3, -0.25) is 14.6 Å². The SMILES string of the molecule is Cc1oc2[nH]c(=O)n(-c3ccccc3)c(=O)c2c1C(=O)N1CC2CCC(N)C2C1. The van der Waals surface area contributed by atoms with Crippen molar-refractivity contribution in [3.63, 3.8) is 0 Å². The number of aromatic nitrogens is 2. The average Bonchev–Trinajstić information content (AvgIpc) is 3.36. The van der Waals surface area contributed by atoms with Crippen LogP contribution in [0.25, 0.3) is 16.8 Å². The molecule has 5 rings (SSSR count). The molecule has 150 valence electrons. The summed E-state index contributed by atoms with van der Waals surface area (Å²) in [5.74, 6) is 0.794. The van der Waals surface area contributed by atoms with Crippen molar-refractivity contribution in [1.82, 2.24) is 14.5 Å². The van der Waals surface area contributed by atoms with Crippen LogP contribution in [0.1, 0.15) is 29.0 Å². The molecule has 3 atom stereocenters. The van der Waals surface area contributed by atoms with Gasteiger partial charge in [0.05, 0.1) is 11.3 Å². The molecule has 8 nitrogen and oxygen atoms in total. The molecule has 29 heavy (non-hydrogen) atoms. The minimum absolute atomic E-state index is 0.0316. The summed E-state index contributed by atoms with van der Waals surface area (Å²) in [5.41, 5.74) is 5.71. The van der Waals surface area contributed by atoms with E-state index in [1.165, 1.54) is 0 Å². The fourth-order valence-corrected chi connectivity index (χ4v) is 4.89. The number of likely N-dealkylation sites (tertiary alicyclic amines) is 1. The van der Waals surface area contributed by atoms with Gasteiger partial charge < -0.3 is 15.1 Å². The van der Waals surface area contributed by atoms with E-state index in [-0.39, 0.29) is 28.6 Å². The predicted molar refractivity (Wildman–Crippen MR) is 107 cm³/mol. The number of benzene rings is 1. The van der Waals surface area contributed by atoms with Crippen LogP contribution in [0, 0.1) is 18.8 Å². The second-order valence-corrected chi connectivity index (χ2v) is 8.02. The zero-order chi connectivity index (χ0) is 20.3. The van der Waals surface area contributed by atoms with E-state index in [9.17, 15) is 14.4 Å². The number of hydrogen-bond acceptors (Lipinski definition) is 5. The number of nitrogens with one attached hydrogen (secondary N) is 1. The highest BCUT2D eigenvalue weighted by Gasteiger charge is 2.43. The lowest BCUT2D eigenvalue weighted by Crippen LogP contribution is -2.36. The summed E-state index contributed by atoms with van der Waals surface area (Å²) in [6.45, 7) is 2.87. The number of rotatable bonds is 2. The van der Waals surface area contributed by atoms with E-state index < -0.39 is 11.2 Å². The first-order chi connectivity index (χ1) is 14.0. The van der Waals surface area contributed by atoms with Crippen molar-refractivity contribution in [3.8, 4) is 5.69 Å². The van der Waals surface area contributed by atoms with Gasteiger partial charge in [0.25, 0.3) is 11.5 Å². The lowest BCUT2D eigenvalue weighted by atomic mass is 9.98. The quantitative estimate of drug-likeness (QED) is 0.682. The van der Waals surface area contributed by atoms with E-state index >= 15 is 0 Å². The van der Waals surface area contributed by atoms with Gasteiger partial charge in [0.2, 0.25) is 5.71 Å². The first kappa shape index (κ1) is 17.9. The fraction of sp³-hybridized carbons (Fsp3) is 0.381. The van der Waals surface area contributed by atoms with Crippen molar-refractivity contribution in [3.05, 3.63) is 62.5 Å². The maximum Gasteiger partial charge on any atom is 0.335 e. The molecule has 8 heteroatoms. The summed E-state index contributed by atoms with van der Waals surface area (Å²) in [7, 11) is 0. The Balaban J connectivity index is 1.63. The van der Waals surface area contributed by atoms with E-state index in [2.05, 4.69) is 4.98 Å². The van der Waals surface area contributed by atoms with Crippen LogP contribution >= 0.6 is 0 Å². The summed E-state index contributed by atoms with van der Waals surface area (Å²) in [6.07, 6.45) is 2.02. The zero-order valence-electron chi connectivity index (χ0n) is 16.1. The average molecular weight is 394 g/mol. The van der Waals surface area contributed by atoms with Gasteiger partial charge in [0.1, 0.15) is 11.1 Å². The Morgan fingerprint density at radius 1 is 1.17 bits per heavy atom. The topological polar surface area (TPSA) is 114 Å². The van der Waals surface area contributed by atoms with Gasteiger partial charge in [-0.2, -0.15) is 0 Å². The predicted octanol–water partition coefficient (Wildman–Crippen LogP) is 1.39. The molecule has 2 fully saturated rings. The first-order valence-electron chi connectivity index (χ1n) is 9.84. The zero-order valence-corrected chi connectivity index (χ0v) is 16.1. The van der Waals surface area contributed by atoms with Crippen LogP contribution in [0.2, 0.25) is 0 Å². The molecule has 1 aliphatic heterocycles. The van der Waals surface area contributed by atoms with E-state index in [0.717, 1.165) is 17.4 Å². The van der Waals surface area contributed by atoms with Crippen molar-refractivity contribution in [2.45, 2.75) is 25.8 Å². The van der Waals surface area contributed by atoms with Gasteiger partial charge in [0.15, 0.2) is 0 Å². The molecule has 3 unspecified atom stereocenters. The molecule has 3 aromatic rings. The Bertz CT molecular complexity index is 1220. The number of nitrogens with two attached hydrogens (primary N) is 1. The van der Waals surface area contributed by atoms with Gasteiger partial charge in [-0.1, -0.05) is 18.2 Å². The molecule has 1 aliphatic carbocycles. The number of H-pyrrole nitrogens is 1. The number of aromatic amines is 1. The summed E-state index contributed by atoms with van der Waals surface area (Å²) < 4.78 is 6.64. The number of para-hydroxylation sites is 1. The number of hydrogen-bond donors (Lipinski definition) is 2. The Hall–Kier alpha value is -3.13. The second-order valence-electron chi connectivity index (χ2n) is 8.02. The number of amides is 1. The molecule has 1 aromatic carbocycles. The lowest BCUT2D eigenvalue weighted by molar-refractivity contribution is 0.0779. The fourth-order valence-electron chi connectivity index (χ4n) is 4.89. The van der Waals surface area contributed by atoms with Crippen LogP contribution in [0.5, 0.6) is 0 Å². The molecule has 0 bridgehead atoms. The summed E-state index contributed by atoms with van der Waals surface area (Å²) in [6, 6.07) is 8.73. The number of furan rings is 1. The monoisotopic (exact) mass is 394 g/mol. The number of fused-ring (bicyclic) bond motifs is 2. The van der Waals surface area contributed by atoms with Crippen molar-refractivity contribution >= 4 is 17.0 Å². The smallest absolute Gasteiger partial charge is 0.335 e. The van der Waals surface area contributed by atoms with E-state index in [0.29, 0.717) is 36.4 Å². The highest BCUT2D eigenvalue weighted by atomic mass is 16.3. The molecule has 1 saturated heterocycles. The third-order valence-electron chi connectivity index (χ3n) is 6.35. The normalized spacial score (nSPS) is 23.7. The summed E-state index contributed by atoms with van der Waals surface area (Å²) in [5, 5.41) is 0.109. The van der Waals surface area contributed by atoms with Crippen molar-refractivity contribution in [1.29, 1.82) is 0 Å². The molecule has 0 radical (unpaired) electrons. The number of carbonyl (C=O) groups is 1. The van der Waals surface area contributed by atoms with Gasteiger partial charge in [0, 0.05) is 19.1 Å². The summed E-state index contributed by atoms with van der Waals surface area (Å²) >= 11 is 0. The molecule has 1 saturated carbocycles. The van der Waals surface area contributed by atoms with Gasteiger partial charge in [-0.05, 0) is 43.7 Å².